The van der Waals surface area contributed by atoms with Crippen molar-refractivity contribution in [1.82, 2.24) is 19.9 Å². The zero-order valence-electron chi connectivity index (χ0n) is 16.0. The number of halogens is 4. The summed E-state index contributed by atoms with van der Waals surface area (Å²) in [6.45, 7) is 4.48. The number of hydrogen-bond acceptors (Lipinski definition) is 4. The number of alkyl halides is 4. The third-order valence-electron chi connectivity index (χ3n) is 5.43. The second-order valence-corrected chi connectivity index (χ2v) is 7.50. The largest absolute Gasteiger partial charge is 0.416 e. The molecule has 1 aliphatic rings. The Hall–Kier alpha value is -2.68. The van der Waals surface area contributed by atoms with E-state index in [2.05, 4.69) is 20.7 Å². The first-order valence-electron chi connectivity index (χ1n) is 9.36. The van der Waals surface area contributed by atoms with Gasteiger partial charge in [-0.2, -0.15) is 13.2 Å². The highest BCUT2D eigenvalue weighted by Gasteiger charge is 2.39. The van der Waals surface area contributed by atoms with Gasteiger partial charge < -0.3 is 10.6 Å². The summed E-state index contributed by atoms with van der Waals surface area (Å²) in [4.78, 5) is 4.27. The van der Waals surface area contributed by atoms with Crippen molar-refractivity contribution in [3.8, 4) is 11.3 Å². The molecule has 2 atom stereocenters. The number of rotatable bonds is 4. The summed E-state index contributed by atoms with van der Waals surface area (Å²) in [7, 11) is 0. The van der Waals surface area contributed by atoms with Crippen LogP contribution in [-0.2, 0) is 6.18 Å². The molecular weight excluding hydrogens is 386 g/mol. The molecule has 5 nitrogen and oxygen atoms in total. The molecule has 0 radical (unpaired) electrons. The third-order valence-corrected chi connectivity index (χ3v) is 5.43. The second-order valence-electron chi connectivity index (χ2n) is 7.50. The Balaban J connectivity index is 1.72. The van der Waals surface area contributed by atoms with E-state index in [1.807, 2.05) is 6.92 Å². The minimum absolute atomic E-state index is 0.267. The third kappa shape index (κ3) is 3.66. The highest BCUT2D eigenvalue weighted by atomic mass is 19.4. The van der Waals surface area contributed by atoms with E-state index in [1.165, 1.54) is 16.8 Å². The van der Waals surface area contributed by atoms with E-state index in [1.54, 1.807) is 19.1 Å². The lowest BCUT2D eigenvalue weighted by atomic mass is 9.96. The second kappa shape index (κ2) is 6.98. The predicted octanol–water partition coefficient (Wildman–Crippen LogP) is 4.23. The molecule has 3 aromatic rings. The quantitative estimate of drug-likeness (QED) is 0.636. The fourth-order valence-corrected chi connectivity index (χ4v) is 3.58. The number of fused-ring (bicyclic) bond motifs is 1. The van der Waals surface area contributed by atoms with Crippen LogP contribution in [0.3, 0.4) is 0 Å². The van der Waals surface area contributed by atoms with Crippen molar-refractivity contribution in [3.63, 3.8) is 0 Å². The van der Waals surface area contributed by atoms with Gasteiger partial charge in [-0.3, -0.25) is 0 Å². The molecule has 0 aliphatic carbocycles. The van der Waals surface area contributed by atoms with Crippen LogP contribution >= 0.6 is 0 Å². The molecule has 154 valence electrons. The molecule has 1 aromatic carbocycles. The van der Waals surface area contributed by atoms with Gasteiger partial charge >= 0.3 is 6.18 Å². The summed E-state index contributed by atoms with van der Waals surface area (Å²) >= 11 is 0. The standard InChI is InChI=1S/C20H21F4N5/c1-12-8-17-26-10-16(14-4-3-5-15(9-14)20(22,23)24)29(17)28-18(12)27-13(2)19(21)6-7-25-11-19/h3-5,8-10,13,25H,6-7,11H2,1-2H3,(H,27,28). The van der Waals surface area contributed by atoms with Crippen molar-refractivity contribution >= 4 is 11.5 Å². The number of anilines is 1. The van der Waals surface area contributed by atoms with Gasteiger partial charge in [0.15, 0.2) is 5.65 Å². The lowest BCUT2D eigenvalue weighted by Crippen LogP contribution is -2.43. The molecular formula is C20H21F4N5. The molecule has 0 amide bonds. The van der Waals surface area contributed by atoms with Gasteiger partial charge in [0.25, 0.3) is 0 Å². The van der Waals surface area contributed by atoms with Gasteiger partial charge in [0.05, 0.1) is 23.5 Å². The first kappa shape index (κ1) is 19.6. The van der Waals surface area contributed by atoms with E-state index >= 15 is 0 Å². The van der Waals surface area contributed by atoms with Crippen molar-refractivity contribution in [3.05, 3.63) is 47.7 Å². The molecule has 1 aliphatic heterocycles. The van der Waals surface area contributed by atoms with Crippen LogP contribution in [0.5, 0.6) is 0 Å². The Labute approximate surface area is 165 Å². The Morgan fingerprint density at radius 1 is 1.28 bits per heavy atom. The van der Waals surface area contributed by atoms with Crippen LogP contribution in [0.1, 0.15) is 24.5 Å². The predicted molar refractivity (Wildman–Crippen MR) is 103 cm³/mol. The van der Waals surface area contributed by atoms with E-state index in [0.29, 0.717) is 35.7 Å². The van der Waals surface area contributed by atoms with Crippen LogP contribution in [0.2, 0.25) is 0 Å². The van der Waals surface area contributed by atoms with Crippen molar-refractivity contribution in [2.75, 3.05) is 18.4 Å². The average molecular weight is 407 g/mol. The van der Waals surface area contributed by atoms with Crippen molar-refractivity contribution in [1.29, 1.82) is 0 Å². The summed E-state index contributed by atoms with van der Waals surface area (Å²) in [6, 6.07) is 6.32. The van der Waals surface area contributed by atoms with Crippen LogP contribution in [0, 0.1) is 6.92 Å². The number of aromatic nitrogens is 3. The van der Waals surface area contributed by atoms with Gasteiger partial charge in [0.2, 0.25) is 0 Å². The lowest BCUT2D eigenvalue weighted by Gasteiger charge is -2.28. The summed E-state index contributed by atoms with van der Waals surface area (Å²) in [5.41, 5.74) is -0.0613. The first-order chi connectivity index (χ1) is 13.7. The monoisotopic (exact) mass is 407 g/mol. The minimum Gasteiger partial charge on any atom is -0.363 e. The Kier molecular flexibility index (Phi) is 4.72. The number of benzene rings is 1. The molecule has 1 fully saturated rings. The minimum atomic E-state index is -4.44. The maximum absolute atomic E-state index is 15.0. The fraction of sp³-hybridized carbons (Fsp3) is 0.400. The summed E-state index contributed by atoms with van der Waals surface area (Å²) < 4.78 is 55.7. The smallest absolute Gasteiger partial charge is 0.363 e. The van der Waals surface area contributed by atoms with Crippen LogP contribution in [0.15, 0.2) is 36.5 Å². The molecule has 3 heterocycles. The van der Waals surface area contributed by atoms with E-state index in [9.17, 15) is 17.6 Å². The molecule has 4 rings (SSSR count). The number of nitrogens with one attached hydrogen (secondary N) is 2. The van der Waals surface area contributed by atoms with Gasteiger partial charge in [-0.05, 0) is 50.6 Å². The highest BCUT2D eigenvalue weighted by Crippen LogP contribution is 2.33. The zero-order valence-corrected chi connectivity index (χ0v) is 16.0. The van der Waals surface area contributed by atoms with Gasteiger partial charge in [0, 0.05) is 12.1 Å². The van der Waals surface area contributed by atoms with Gasteiger partial charge in [-0.15, -0.1) is 5.10 Å². The number of nitrogens with zero attached hydrogens (tertiary/aromatic N) is 3. The molecule has 2 aromatic heterocycles. The zero-order chi connectivity index (χ0) is 20.8. The van der Waals surface area contributed by atoms with Gasteiger partial charge in [-0.25, -0.2) is 13.9 Å². The highest BCUT2D eigenvalue weighted by molar-refractivity contribution is 5.65. The Bertz CT molecular complexity index is 1040. The van der Waals surface area contributed by atoms with Crippen LogP contribution in [-0.4, -0.2) is 39.4 Å². The fourth-order valence-electron chi connectivity index (χ4n) is 3.58. The molecule has 1 saturated heterocycles. The van der Waals surface area contributed by atoms with E-state index in [-0.39, 0.29) is 6.54 Å². The molecule has 2 unspecified atom stereocenters. The van der Waals surface area contributed by atoms with Crippen molar-refractivity contribution < 1.29 is 17.6 Å². The maximum Gasteiger partial charge on any atom is 0.416 e. The van der Waals surface area contributed by atoms with Crippen molar-refractivity contribution in [2.45, 2.75) is 38.2 Å². The van der Waals surface area contributed by atoms with Gasteiger partial charge in [0.1, 0.15) is 11.5 Å². The summed E-state index contributed by atoms with van der Waals surface area (Å²) in [6.07, 6.45) is -2.54. The van der Waals surface area contributed by atoms with Crippen LogP contribution in [0.4, 0.5) is 23.4 Å². The number of hydrogen-bond donors (Lipinski definition) is 2. The molecule has 2 N–H and O–H groups in total. The molecule has 0 bridgehead atoms. The van der Waals surface area contributed by atoms with E-state index < -0.39 is 23.5 Å². The first-order valence-corrected chi connectivity index (χ1v) is 9.36. The van der Waals surface area contributed by atoms with Crippen molar-refractivity contribution in [2.24, 2.45) is 0 Å². The number of imidazole rings is 1. The van der Waals surface area contributed by atoms with E-state index in [4.69, 9.17) is 0 Å². The normalized spacial score (nSPS) is 20.9. The summed E-state index contributed by atoms with van der Waals surface area (Å²) in [5.74, 6) is 0.472. The Morgan fingerprint density at radius 2 is 2.07 bits per heavy atom. The SMILES string of the molecule is Cc1cc2ncc(-c3cccc(C(F)(F)F)c3)n2nc1NC(C)C1(F)CCNC1. The molecule has 0 saturated carbocycles. The molecule has 0 spiro atoms. The summed E-state index contributed by atoms with van der Waals surface area (Å²) in [5, 5.41) is 10.7. The maximum atomic E-state index is 15.0. The van der Waals surface area contributed by atoms with Crippen LogP contribution in [0.25, 0.3) is 16.9 Å². The van der Waals surface area contributed by atoms with Crippen LogP contribution < -0.4 is 10.6 Å². The average Bonchev–Trinajstić information content (AvgIpc) is 3.28. The van der Waals surface area contributed by atoms with E-state index in [0.717, 1.165) is 17.7 Å². The molecule has 9 heteroatoms. The molecule has 29 heavy (non-hydrogen) atoms. The topological polar surface area (TPSA) is 54.2 Å². The lowest BCUT2D eigenvalue weighted by molar-refractivity contribution is -0.137. The number of aryl methyl sites for hydroxylation is 1. The Morgan fingerprint density at radius 3 is 2.76 bits per heavy atom. The van der Waals surface area contributed by atoms with Gasteiger partial charge in [-0.1, -0.05) is 12.1 Å².